The van der Waals surface area contributed by atoms with E-state index in [0.717, 1.165) is 5.56 Å². The second kappa shape index (κ2) is 12.1. The topological polar surface area (TPSA) is 134 Å². The molecule has 0 aliphatic carbocycles. The van der Waals surface area contributed by atoms with Crippen LogP contribution in [0.5, 0.6) is 0 Å². The Labute approximate surface area is 201 Å². The Kier molecular flexibility index (Phi) is 8.92. The number of benzene rings is 2. The second-order valence-electron chi connectivity index (χ2n) is 7.80. The normalized spacial score (nSPS) is 15.8. The van der Waals surface area contributed by atoms with Gasteiger partial charge in [-0.3, -0.25) is 14.9 Å². The lowest BCUT2D eigenvalue weighted by Gasteiger charge is -2.17. The van der Waals surface area contributed by atoms with Gasteiger partial charge in [0.2, 0.25) is 5.91 Å². The molecule has 34 heavy (non-hydrogen) atoms. The Morgan fingerprint density at radius 3 is 2.62 bits per heavy atom. The fraction of sp³-hybridized carbons (Fsp3) is 0.333. The number of carboxylic acid groups (broad SMARTS) is 1. The molecule has 3 amide bonds. The van der Waals surface area contributed by atoms with Crippen LogP contribution in [0.4, 0.5) is 10.5 Å². The molecule has 4 N–H and O–H groups in total. The van der Waals surface area contributed by atoms with Crippen molar-refractivity contribution >= 4 is 41.3 Å². The number of aliphatic carboxylic acids is 1. The lowest BCUT2D eigenvalue weighted by molar-refractivity contribution is -0.139. The van der Waals surface area contributed by atoms with Crippen molar-refractivity contribution in [3.8, 4) is 11.1 Å². The average molecular weight is 486 g/mol. The number of carboxylic acids is 1. The molecule has 3 rings (SSSR count). The lowest BCUT2D eigenvalue weighted by Crippen LogP contribution is -2.41. The maximum atomic E-state index is 13.0. The van der Waals surface area contributed by atoms with E-state index in [1.165, 1.54) is 17.8 Å². The van der Waals surface area contributed by atoms with Crippen LogP contribution in [0.3, 0.4) is 0 Å². The third kappa shape index (κ3) is 6.98. The van der Waals surface area contributed by atoms with E-state index in [1.807, 2.05) is 36.6 Å². The predicted molar refractivity (Wildman–Crippen MR) is 130 cm³/mol. The Bertz CT molecular complexity index is 1050. The molecule has 2 aromatic rings. The van der Waals surface area contributed by atoms with Gasteiger partial charge in [0.1, 0.15) is 12.6 Å². The fourth-order valence-corrected chi connectivity index (χ4v) is 4.01. The first kappa shape index (κ1) is 25.1. The lowest BCUT2D eigenvalue weighted by atomic mass is 9.98. The number of carbonyl (C=O) groups excluding carboxylic acids is 3. The van der Waals surface area contributed by atoms with Crippen LogP contribution < -0.4 is 16.0 Å². The maximum absolute atomic E-state index is 13.0. The summed E-state index contributed by atoms with van der Waals surface area (Å²) >= 11 is 1.50. The van der Waals surface area contributed by atoms with E-state index >= 15 is 0 Å². The monoisotopic (exact) mass is 485 g/mol. The largest absolute Gasteiger partial charge is 0.480 e. The summed E-state index contributed by atoms with van der Waals surface area (Å²) in [6.07, 6.45) is 2.52. The minimum absolute atomic E-state index is 0.0611. The summed E-state index contributed by atoms with van der Waals surface area (Å²) in [7, 11) is 0. The number of ether oxygens (including phenoxy) is 1. The van der Waals surface area contributed by atoms with Crippen molar-refractivity contribution in [2.75, 3.05) is 23.9 Å². The number of rotatable bonds is 10. The highest BCUT2D eigenvalue weighted by Gasteiger charge is 2.24. The van der Waals surface area contributed by atoms with Gasteiger partial charge in [0.15, 0.2) is 0 Å². The quantitative estimate of drug-likeness (QED) is 0.406. The molecule has 2 aromatic carbocycles. The number of hydrogen-bond donors (Lipinski definition) is 4. The summed E-state index contributed by atoms with van der Waals surface area (Å²) < 4.78 is 5.21. The van der Waals surface area contributed by atoms with Crippen LogP contribution in [0.15, 0.2) is 48.5 Å². The van der Waals surface area contributed by atoms with Gasteiger partial charge in [0.05, 0.1) is 6.04 Å². The molecule has 1 aliphatic heterocycles. The molecule has 0 spiro atoms. The highest BCUT2D eigenvalue weighted by molar-refractivity contribution is 7.98. The third-order valence-corrected chi connectivity index (χ3v) is 5.95. The molecule has 2 atom stereocenters. The van der Waals surface area contributed by atoms with Crippen molar-refractivity contribution < 1.29 is 29.0 Å². The van der Waals surface area contributed by atoms with E-state index in [-0.39, 0.29) is 24.1 Å². The van der Waals surface area contributed by atoms with Crippen molar-refractivity contribution in [1.82, 2.24) is 10.6 Å². The Balaban J connectivity index is 1.76. The minimum Gasteiger partial charge on any atom is -0.480 e. The molecular weight excluding hydrogens is 458 g/mol. The van der Waals surface area contributed by atoms with E-state index in [0.29, 0.717) is 36.3 Å². The molecule has 0 bridgehead atoms. The van der Waals surface area contributed by atoms with Crippen molar-refractivity contribution in [2.45, 2.75) is 31.3 Å². The summed E-state index contributed by atoms with van der Waals surface area (Å²) in [6.45, 7) is 0.0657. The number of amides is 3. The molecule has 0 aromatic heterocycles. The van der Waals surface area contributed by atoms with Gasteiger partial charge in [0, 0.05) is 17.7 Å². The Morgan fingerprint density at radius 2 is 1.97 bits per heavy atom. The molecule has 1 heterocycles. The van der Waals surface area contributed by atoms with Gasteiger partial charge in [-0.25, -0.2) is 9.59 Å². The summed E-state index contributed by atoms with van der Waals surface area (Å²) in [5, 5.41) is 17.4. The van der Waals surface area contributed by atoms with Crippen LogP contribution in [0.1, 0.15) is 29.6 Å². The molecule has 0 radical (unpaired) electrons. The van der Waals surface area contributed by atoms with E-state index < -0.39 is 24.0 Å². The zero-order chi connectivity index (χ0) is 24.5. The van der Waals surface area contributed by atoms with Gasteiger partial charge < -0.3 is 20.5 Å². The van der Waals surface area contributed by atoms with Gasteiger partial charge in [-0.05, 0) is 54.2 Å². The van der Waals surface area contributed by atoms with Crippen LogP contribution in [-0.4, -0.2) is 59.7 Å². The molecule has 1 saturated heterocycles. The first-order chi connectivity index (χ1) is 16.4. The van der Waals surface area contributed by atoms with Crippen molar-refractivity contribution in [3.63, 3.8) is 0 Å². The molecule has 1 aliphatic rings. The van der Waals surface area contributed by atoms with Crippen LogP contribution in [-0.2, 0) is 14.3 Å². The minimum atomic E-state index is -1.09. The molecule has 10 heteroatoms. The summed E-state index contributed by atoms with van der Waals surface area (Å²) in [6, 6.07) is 12.6. The SMILES string of the molecule is CSCCC(NC(=O)c1ccc(NC(=O)OCC2CCC(=O)N2)cc1-c1ccccc1)C(=O)O. The number of thioether (sulfide) groups is 1. The fourth-order valence-electron chi connectivity index (χ4n) is 3.54. The third-order valence-electron chi connectivity index (χ3n) is 5.31. The van der Waals surface area contributed by atoms with Gasteiger partial charge in [0.25, 0.3) is 5.91 Å². The first-order valence-corrected chi connectivity index (χ1v) is 12.2. The van der Waals surface area contributed by atoms with Crippen LogP contribution >= 0.6 is 11.8 Å². The molecular formula is C24H27N3O6S. The Hall–Kier alpha value is -3.53. The number of anilines is 1. The van der Waals surface area contributed by atoms with E-state index in [4.69, 9.17) is 4.74 Å². The molecule has 180 valence electrons. The van der Waals surface area contributed by atoms with Crippen molar-refractivity contribution in [2.24, 2.45) is 0 Å². The second-order valence-corrected chi connectivity index (χ2v) is 8.78. The number of nitrogens with one attached hydrogen (secondary N) is 3. The predicted octanol–water partition coefficient (Wildman–Crippen LogP) is 3.12. The highest BCUT2D eigenvalue weighted by atomic mass is 32.2. The average Bonchev–Trinajstić information content (AvgIpc) is 3.25. The zero-order valence-corrected chi connectivity index (χ0v) is 19.5. The van der Waals surface area contributed by atoms with Crippen molar-refractivity contribution in [1.29, 1.82) is 0 Å². The standard InChI is InChI=1S/C24H27N3O6S/c1-34-12-11-20(23(30)31)27-22(29)18-9-7-16(13-19(18)15-5-3-2-4-6-15)26-24(32)33-14-17-8-10-21(28)25-17/h2-7,9,13,17,20H,8,10-12,14H2,1H3,(H,25,28)(H,26,32)(H,27,29)(H,30,31). The molecule has 0 saturated carbocycles. The first-order valence-electron chi connectivity index (χ1n) is 10.8. The number of hydrogen-bond acceptors (Lipinski definition) is 6. The van der Waals surface area contributed by atoms with E-state index in [1.54, 1.807) is 12.1 Å². The molecule has 2 unspecified atom stereocenters. The maximum Gasteiger partial charge on any atom is 0.411 e. The van der Waals surface area contributed by atoms with Gasteiger partial charge in [-0.1, -0.05) is 30.3 Å². The summed E-state index contributed by atoms with van der Waals surface area (Å²) in [5.74, 6) is -1.08. The zero-order valence-electron chi connectivity index (χ0n) is 18.7. The summed E-state index contributed by atoms with van der Waals surface area (Å²) in [4.78, 5) is 48.1. The van der Waals surface area contributed by atoms with E-state index in [2.05, 4.69) is 16.0 Å². The van der Waals surface area contributed by atoms with Gasteiger partial charge >= 0.3 is 12.1 Å². The molecule has 1 fully saturated rings. The smallest absolute Gasteiger partial charge is 0.411 e. The Morgan fingerprint density at radius 1 is 1.21 bits per heavy atom. The number of carbonyl (C=O) groups is 4. The van der Waals surface area contributed by atoms with Crippen LogP contribution in [0.25, 0.3) is 11.1 Å². The van der Waals surface area contributed by atoms with Crippen molar-refractivity contribution in [3.05, 3.63) is 54.1 Å². The highest BCUT2D eigenvalue weighted by Crippen LogP contribution is 2.27. The van der Waals surface area contributed by atoms with Crippen LogP contribution in [0, 0.1) is 0 Å². The van der Waals surface area contributed by atoms with Gasteiger partial charge in [-0.2, -0.15) is 11.8 Å². The summed E-state index contributed by atoms with van der Waals surface area (Å²) in [5.41, 5.74) is 1.96. The molecule has 9 nitrogen and oxygen atoms in total. The van der Waals surface area contributed by atoms with Crippen LogP contribution in [0.2, 0.25) is 0 Å². The van der Waals surface area contributed by atoms with Gasteiger partial charge in [-0.15, -0.1) is 0 Å². The van der Waals surface area contributed by atoms with E-state index in [9.17, 15) is 24.3 Å².